The van der Waals surface area contributed by atoms with Crippen LogP contribution in [0.1, 0.15) is 49.1 Å². The number of hydrogen-bond donors (Lipinski definition) is 1. The summed E-state index contributed by atoms with van der Waals surface area (Å²) in [6, 6.07) is 19.4. The predicted molar refractivity (Wildman–Crippen MR) is 159 cm³/mol. The highest BCUT2D eigenvalue weighted by Crippen LogP contribution is 2.41. The molecule has 0 bridgehead atoms. The fourth-order valence-corrected chi connectivity index (χ4v) is 5.30. The van der Waals surface area contributed by atoms with Crippen molar-refractivity contribution in [2.75, 3.05) is 39.9 Å². The van der Waals surface area contributed by atoms with Crippen LogP contribution in [-0.4, -0.2) is 56.5 Å². The molecule has 0 aromatic heterocycles. The fraction of sp³-hybridized carbons (Fsp3) is 0.353. The molecule has 42 heavy (non-hydrogen) atoms. The van der Waals surface area contributed by atoms with E-state index >= 15 is 0 Å². The van der Waals surface area contributed by atoms with Crippen molar-refractivity contribution in [3.8, 4) is 17.2 Å². The van der Waals surface area contributed by atoms with Gasteiger partial charge in [-0.2, -0.15) is 0 Å². The van der Waals surface area contributed by atoms with Gasteiger partial charge < -0.3 is 29.1 Å². The summed E-state index contributed by atoms with van der Waals surface area (Å²) in [5.41, 5.74) is 2.68. The minimum absolute atomic E-state index is 0.0573. The van der Waals surface area contributed by atoms with E-state index in [-0.39, 0.29) is 5.57 Å². The molecular weight excluding hydrogens is 532 g/mol. The molecule has 1 fully saturated rings. The van der Waals surface area contributed by atoms with Crippen LogP contribution in [0.25, 0.3) is 5.76 Å². The van der Waals surface area contributed by atoms with Crippen LogP contribution in [0.2, 0.25) is 0 Å². The molecule has 1 amide bonds. The van der Waals surface area contributed by atoms with Crippen LogP contribution in [0.5, 0.6) is 17.2 Å². The molecule has 1 saturated heterocycles. The lowest BCUT2D eigenvalue weighted by Gasteiger charge is -2.29. The molecule has 0 saturated carbocycles. The SMILES string of the molecule is CCOc1ccc(C2C(=C([O-])c3ccc(OCc4ccccc4)c(C)c3)C(=O)C(=O)N2CC[NH+](CC)CC)cc1OC. The Balaban J connectivity index is 1.74. The van der Waals surface area contributed by atoms with E-state index in [1.54, 1.807) is 36.4 Å². The summed E-state index contributed by atoms with van der Waals surface area (Å²) in [5.74, 6) is -0.240. The van der Waals surface area contributed by atoms with Crippen molar-refractivity contribution < 1.29 is 33.8 Å². The first-order valence-electron chi connectivity index (χ1n) is 14.5. The monoisotopic (exact) mass is 572 g/mol. The number of rotatable bonds is 13. The first kappa shape index (κ1) is 30.7. The highest BCUT2D eigenvalue weighted by atomic mass is 16.5. The summed E-state index contributed by atoms with van der Waals surface area (Å²) in [4.78, 5) is 29.7. The van der Waals surface area contributed by atoms with Crippen molar-refractivity contribution in [2.24, 2.45) is 0 Å². The third kappa shape index (κ3) is 6.60. The zero-order valence-electron chi connectivity index (χ0n) is 25.1. The van der Waals surface area contributed by atoms with Gasteiger partial charge in [-0.3, -0.25) is 9.59 Å². The maximum Gasteiger partial charge on any atom is 0.295 e. The third-order valence-corrected chi connectivity index (χ3v) is 7.71. The number of likely N-dealkylation sites (N-methyl/N-ethyl adjacent to an activating group) is 1. The molecule has 1 unspecified atom stereocenters. The number of nitrogens with zero attached hydrogens (tertiary/aromatic N) is 1. The number of Topliss-reactive ketones (excluding diaryl/α,β-unsaturated/α-hetero) is 1. The molecule has 3 aromatic carbocycles. The van der Waals surface area contributed by atoms with E-state index in [0.29, 0.717) is 54.7 Å². The van der Waals surface area contributed by atoms with E-state index in [1.165, 1.54) is 16.9 Å². The van der Waals surface area contributed by atoms with Gasteiger partial charge in [0.2, 0.25) is 5.78 Å². The van der Waals surface area contributed by atoms with Crippen LogP contribution < -0.4 is 24.2 Å². The lowest BCUT2D eigenvalue weighted by Crippen LogP contribution is -3.12. The standard InChI is InChI=1S/C34H40N2O6/c1-6-35(7-2)18-19-36-31(25-14-17-28(41-8-3)29(21-25)40-5)30(33(38)34(36)39)32(37)26-15-16-27(23(4)20-26)42-22-24-12-10-9-11-13-24/h9-17,20-21,31,37H,6-8,18-19,22H2,1-5H3. The van der Waals surface area contributed by atoms with E-state index in [0.717, 1.165) is 24.2 Å². The van der Waals surface area contributed by atoms with E-state index in [4.69, 9.17) is 14.2 Å². The van der Waals surface area contributed by atoms with Crippen molar-refractivity contribution in [3.05, 3.63) is 94.6 Å². The average molecular weight is 573 g/mol. The minimum Gasteiger partial charge on any atom is -0.872 e. The molecule has 0 spiro atoms. The minimum atomic E-state index is -0.841. The summed E-state index contributed by atoms with van der Waals surface area (Å²) in [7, 11) is 1.54. The summed E-state index contributed by atoms with van der Waals surface area (Å²) in [6.07, 6.45) is 0. The van der Waals surface area contributed by atoms with Crippen molar-refractivity contribution in [2.45, 2.75) is 40.3 Å². The maximum absolute atomic E-state index is 14.0. The number of nitrogens with one attached hydrogen (secondary N) is 1. The quantitative estimate of drug-likeness (QED) is 0.192. The Hall–Kier alpha value is -4.30. The maximum atomic E-state index is 14.0. The Labute approximate surface area is 248 Å². The molecule has 4 rings (SSSR count). The van der Waals surface area contributed by atoms with E-state index < -0.39 is 23.5 Å². The molecule has 1 heterocycles. The Morgan fingerprint density at radius 3 is 2.26 bits per heavy atom. The highest BCUT2D eigenvalue weighted by molar-refractivity contribution is 6.46. The number of carbonyl (C=O) groups is 2. The van der Waals surface area contributed by atoms with Crippen LogP contribution in [0.4, 0.5) is 0 Å². The number of amides is 1. The van der Waals surface area contributed by atoms with Gasteiger partial charge in [0.25, 0.3) is 5.91 Å². The molecule has 0 aliphatic carbocycles. The summed E-state index contributed by atoms with van der Waals surface area (Å²) in [6.45, 7) is 11.5. The molecule has 3 aromatic rings. The van der Waals surface area contributed by atoms with Gasteiger partial charge in [0.15, 0.2) is 11.5 Å². The van der Waals surface area contributed by atoms with Crippen molar-refractivity contribution in [1.82, 2.24) is 4.90 Å². The van der Waals surface area contributed by atoms with Gasteiger partial charge in [-0.1, -0.05) is 48.2 Å². The second-order valence-electron chi connectivity index (χ2n) is 10.3. The zero-order chi connectivity index (χ0) is 30.2. The molecule has 1 atom stereocenters. The first-order chi connectivity index (χ1) is 20.3. The number of likely N-dealkylation sites (tertiary alicyclic amines) is 1. The summed E-state index contributed by atoms with van der Waals surface area (Å²) in [5, 5.41) is 14.0. The van der Waals surface area contributed by atoms with E-state index in [2.05, 4.69) is 13.8 Å². The Kier molecular flexibility index (Phi) is 10.3. The molecule has 1 aliphatic rings. The Bertz CT molecular complexity index is 1430. The Morgan fingerprint density at radius 1 is 0.905 bits per heavy atom. The van der Waals surface area contributed by atoms with Gasteiger partial charge in [0, 0.05) is 5.57 Å². The number of benzene rings is 3. The highest BCUT2D eigenvalue weighted by Gasteiger charge is 2.44. The molecule has 1 aliphatic heterocycles. The normalized spacial score (nSPS) is 16.2. The summed E-state index contributed by atoms with van der Waals surface area (Å²) < 4.78 is 17.2. The topological polar surface area (TPSA) is 92.6 Å². The summed E-state index contributed by atoms with van der Waals surface area (Å²) >= 11 is 0. The predicted octanol–water partition coefficient (Wildman–Crippen LogP) is 3.13. The van der Waals surface area contributed by atoms with Crippen LogP contribution >= 0.6 is 0 Å². The lowest BCUT2D eigenvalue weighted by molar-refractivity contribution is -0.895. The van der Waals surface area contributed by atoms with Crippen molar-refractivity contribution in [3.63, 3.8) is 0 Å². The van der Waals surface area contributed by atoms with Crippen LogP contribution in [0.3, 0.4) is 0 Å². The number of quaternary nitrogens is 1. The van der Waals surface area contributed by atoms with Gasteiger partial charge in [0.1, 0.15) is 12.4 Å². The number of ether oxygens (including phenoxy) is 3. The number of methoxy groups -OCH3 is 1. The molecule has 8 nitrogen and oxygen atoms in total. The van der Waals surface area contributed by atoms with Crippen LogP contribution in [0.15, 0.2) is 72.3 Å². The van der Waals surface area contributed by atoms with Gasteiger partial charge in [-0.25, -0.2) is 0 Å². The largest absolute Gasteiger partial charge is 0.872 e. The lowest BCUT2D eigenvalue weighted by atomic mass is 9.94. The number of aryl methyl sites for hydroxylation is 1. The number of carbonyl (C=O) groups excluding carboxylic acids is 2. The first-order valence-corrected chi connectivity index (χ1v) is 14.5. The van der Waals surface area contributed by atoms with Gasteiger partial charge in [-0.15, -0.1) is 0 Å². The number of hydrogen-bond acceptors (Lipinski definition) is 6. The molecule has 0 radical (unpaired) electrons. The Morgan fingerprint density at radius 2 is 1.62 bits per heavy atom. The van der Waals surface area contributed by atoms with Crippen molar-refractivity contribution in [1.29, 1.82) is 0 Å². The molecule has 1 N–H and O–H groups in total. The number of ketones is 1. The molecule has 222 valence electrons. The smallest absolute Gasteiger partial charge is 0.295 e. The van der Waals surface area contributed by atoms with Crippen LogP contribution in [-0.2, 0) is 16.2 Å². The molecule has 8 heteroatoms. The fourth-order valence-electron chi connectivity index (χ4n) is 5.30. The van der Waals surface area contributed by atoms with Crippen LogP contribution in [0, 0.1) is 6.92 Å². The zero-order valence-corrected chi connectivity index (χ0v) is 25.1. The van der Waals surface area contributed by atoms with E-state index in [9.17, 15) is 14.7 Å². The van der Waals surface area contributed by atoms with E-state index in [1.807, 2.05) is 44.2 Å². The van der Waals surface area contributed by atoms with Crippen molar-refractivity contribution >= 4 is 17.4 Å². The molecular formula is C34H40N2O6. The van der Waals surface area contributed by atoms with Gasteiger partial charge >= 0.3 is 0 Å². The average Bonchev–Trinajstić information content (AvgIpc) is 3.26. The van der Waals surface area contributed by atoms with Gasteiger partial charge in [0.05, 0.1) is 45.9 Å². The van der Waals surface area contributed by atoms with Gasteiger partial charge in [-0.05, 0) is 74.2 Å². The second-order valence-corrected chi connectivity index (χ2v) is 10.3. The third-order valence-electron chi connectivity index (χ3n) is 7.71. The second kappa shape index (κ2) is 14.0.